The van der Waals surface area contributed by atoms with E-state index in [1.165, 1.54) is 0 Å². The molecule has 0 saturated carbocycles. The third kappa shape index (κ3) is 3.37. The number of halogens is 2. The van der Waals surface area contributed by atoms with Crippen LogP contribution in [0.3, 0.4) is 0 Å². The zero-order valence-corrected chi connectivity index (χ0v) is 11.8. The number of anilines is 1. The lowest BCUT2D eigenvalue weighted by atomic mass is 9.97. The standard InChI is InChI=1S/C13H16Cl2N2O/c1-17-6-2-3-9(8-17)13(18)16-10-4-5-11(14)12(15)7-10/h4-5,7,9H,2-3,6,8H2,1H3,(H,16,18). The van der Waals surface area contributed by atoms with E-state index >= 15 is 0 Å². The van der Waals surface area contributed by atoms with Crippen molar-refractivity contribution >= 4 is 34.8 Å². The molecule has 1 unspecified atom stereocenters. The van der Waals surface area contributed by atoms with Crippen molar-refractivity contribution in [2.24, 2.45) is 5.92 Å². The van der Waals surface area contributed by atoms with E-state index in [2.05, 4.69) is 10.2 Å². The summed E-state index contributed by atoms with van der Waals surface area (Å²) in [4.78, 5) is 14.3. The number of amides is 1. The Morgan fingerprint density at radius 1 is 1.39 bits per heavy atom. The van der Waals surface area contributed by atoms with Crippen LogP contribution in [0, 0.1) is 5.92 Å². The number of likely N-dealkylation sites (tertiary alicyclic amines) is 1. The SMILES string of the molecule is CN1CCCC(C(=O)Nc2ccc(Cl)c(Cl)c2)C1. The molecule has 1 heterocycles. The zero-order chi connectivity index (χ0) is 13.1. The predicted octanol–water partition coefficient (Wildman–Crippen LogP) is 3.27. The van der Waals surface area contributed by atoms with Gasteiger partial charge in [0.1, 0.15) is 0 Å². The van der Waals surface area contributed by atoms with Crippen molar-refractivity contribution in [2.45, 2.75) is 12.8 Å². The molecule has 1 aromatic rings. The first kappa shape index (κ1) is 13.7. The first-order valence-corrected chi connectivity index (χ1v) is 6.76. The van der Waals surface area contributed by atoms with E-state index in [1.807, 2.05) is 7.05 Å². The molecule has 0 aliphatic carbocycles. The Morgan fingerprint density at radius 2 is 2.17 bits per heavy atom. The van der Waals surface area contributed by atoms with Gasteiger partial charge in [0.25, 0.3) is 0 Å². The molecule has 1 aliphatic heterocycles. The topological polar surface area (TPSA) is 32.3 Å². The molecule has 98 valence electrons. The van der Waals surface area contributed by atoms with Gasteiger partial charge in [-0.15, -0.1) is 0 Å². The first-order valence-electron chi connectivity index (χ1n) is 6.00. The van der Waals surface area contributed by atoms with Crippen LogP contribution >= 0.6 is 23.2 Å². The van der Waals surface area contributed by atoms with Crippen LogP contribution in [0.15, 0.2) is 18.2 Å². The highest BCUT2D eigenvalue weighted by Gasteiger charge is 2.23. The van der Waals surface area contributed by atoms with Crippen LogP contribution in [0.25, 0.3) is 0 Å². The number of carbonyl (C=O) groups is 1. The molecule has 2 rings (SSSR count). The van der Waals surface area contributed by atoms with Crippen molar-refractivity contribution in [1.29, 1.82) is 0 Å². The fourth-order valence-electron chi connectivity index (χ4n) is 2.20. The summed E-state index contributed by atoms with van der Waals surface area (Å²) in [5.41, 5.74) is 0.697. The van der Waals surface area contributed by atoms with E-state index in [9.17, 15) is 4.79 Å². The minimum Gasteiger partial charge on any atom is -0.326 e. The van der Waals surface area contributed by atoms with Crippen LogP contribution in [0.4, 0.5) is 5.69 Å². The Kier molecular flexibility index (Phi) is 4.49. The second kappa shape index (κ2) is 5.91. The molecule has 1 N–H and O–H groups in total. The second-order valence-corrected chi connectivity index (χ2v) is 5.53. The molecule has 1 fully saturated rings. The molecule has 0 radical (unpaired) electrons. The minimum atomic E-state index is 0.0539. The number of rotatable bonds is 2. The lowest BCUT2D eigenvalue weighted by Gasteiger charge is -2.28. The third-order valence-corrected chi connectivity index (χ3v) is 3.92. The summed E-state index contributed by atoms with van der Waals surface area (Å²) in [6.45, 7) is 1.88. The maximum absolute atomic E-state index is 12.1. The Labute approximate surface area is 117 Å². The summed E-state index contributed by atoms with van der Waals surface area (Å²) in [6, 6.07) is 5.12. The van der Waals surface area contributed by atoms with E-state index < -0.39 is 0 Å². The van der Waals surface area contributed by atoms with E-state index in [4.69, 9.17) is 23.2 Å². The third-order valence-electron chi connectivity index (χ3n) is 3.18. The number of carbonyl (C=O) groups excluding carboxylic acids is 1. The molecule has 0 spiro atoms. The monoisotopic (exact) mass is 286 g/mol. The molecule has 5 heteroatoms. The summed E-state index contributed by atoms with van der Waals surface area (Å²) < 4.78 is 0. The van der Waals surface area contributed by atoms with Gasteiger partial charge in [-0.2, -0.15) is 0 Å². The zero-order valence-electron chi connectivity index (χ0n) is 10.2. The van der Waals surface area contributed by atoms with Crippen molar-refractivity contribution < 1.29 is 4.79 Å². The molecular formula is C13H16Cl2N2O. The number of nitrogens with one attached hydrogen (secondary N) is 1. The summed E-state index contributed by atoms with van der Waals surface area (Å²) >= 11 is 11.7. The Bertz CT molecular complexity index is 451. The van der Waals surface area contributed by atoms with E-state index in [0.717, 1.165) is 25.9 Å². The molecule has 0 bridgehead atoms. The maximum atomic E-state index is 12.1. The van der Waals surface area contributed by atoms with Gasteiger partial charge in [0.05, 0.1) is 16.0 Å². The van der Waals surface area contributed by atoms with Gasteiger partial charge in [0.2, 0.25) is 5.91 Å². The molecular weight excluding hydrogens is 271 g/mol. The van der Waals surface area contributed by atoms with Crippen LogP contribution in [0.1, 0.15) is 12.8 Å². The lowest BCUT2D eigenvalue weighted by Crippen LogP contribution is -2.38. The smallest absolute Gasteiger partial charge is 0.228 e. The summed E-state index contributed by atoms with van der Waals surface area (Å²) in [6.07, 6.45) is 2.01. The Balaban J connectivity index is 2.00. The highest BCUT2D eigenvalue weighted by Crippen LogP contribution is 2.26. The molecule has 1 amide bonds. The lowest BCUT2D eigenvalue weighted by molar-refractivity contribution is -0.121. The molecule has 0 aromatic heterocycles. The number of benzene rings is 1. The Hall–Kier alpha value is -0.770. The van der Waals surface area contributed by atoms with Gasteiger partial charge in [-0.1, -0.05) is 23.2 Å². The number of nitrogens with zero attached hydrogens (tertiary/aromatic N) is 1. The quantitative estimate of drug-likeness (QED) is 0.905. The molecule has 1 aliphatic rings. The van der Waals surface area contributed by atoms with Gasteiger partial charge in [0.15, 0.2) is 0 Å². The summed E-state index contributed by atoms with van der Waals surface area (Å²) in [7, 11) is 2.04. The van der Waals surface area contributed by atoms with E-state index in [0.29, 0.717) is 15.7 Å². The van der Waals surface area contributed by atoms with Crippen molar-refractivity contribution in [3.63, 3.8) is 0 Å². The number of hydrogen-bond acceptors (Lipinski definition) is 2. The molecule has 1 atom stereocenters. The second-order valence-electron chi connectivity index (χ2n) is 4.72. The average molecular weight is 287 g/mol. The highest BCUT2D eigenvalue weighted by atomic mass is 35.5. The number of hydrogen-bond donors (Lipinski definition) is 1. The molecule has 1 aromatic carbocycles. The van der Waals surface area contributed by atoms with Crippen LogP contribution in [-0.2, 0) is 4.79 Å². The maximum Gasteiger partial charge on any atom is 0.228 e. The van der Waals surface area contributed by atoms with Gasteiger partial charge >= 0.3 is 0 Å². The van der Waals surface area contributed by atoms with Crippen molar-refractivity contribution in [1.82, 2.24) is 4.90 Å². The molecule has 3 nitrogen and oxygen atoms in total. The largest absolute Gasteiger partial charge is 0.326 e. The van der Waals surface area contributed by atoms with Crippen LogP contribution in [0.2, 0.25) is 10.0 Å². The molecule has 1 saturated heterocycles. The average Bonchev–Trinajstić information content (AvgIpc) is 2.34. The van der Waals surface area contributed by atoms with E-state index in [1.54, 1.807) is 18.2 Å². The highest BCUT2D eigenvalue weighted by molar-refractivity contribution is 6.42. The molecule has 18 heavy (non-hydrogen) atoms. The van der Waals surface area contributed by atoms with Crippen LogP contribution in [-0.4, -0.2) is 30.9 Å². The van der Waals surface area contributed by atoms with Crippen molar-refractivity contribution in [2.75, 3.05) is 25.5 Å². The Morgan fingerprint density at radius 3 is 2.83 bits per heavy atom. The van der Waals surface area contributed by atoms with Gasteiger partial charge < -0.3 is 10.2 Å². The van der Waals surface area contributed by atoms with Crippen LogP contribution in [0.5, 0.6) is 0 Å². The normalized spacial score (nSPS) is 20.7. The van der Waals surface area contributed by atoms with Gasteiger partial charge in [-0.25, -0.2) is 0 Å². The van der Waals surface area contributed by atoms with Gasteiger partial charge in [-0.3, -0.25) is 4.79 Å². The van der Waals surface area contributed by atoms with E-state index in [-0.39, 0.29) is 11.8 Å². The van der Waals surface area contributed by atoms with Gasteiger partial charge in [-0.05, 0) is 44.6 Å². The first-order chi connectivity index (χ1) is 8.56. The van der Waals surface area contributed by atoms with Crippen molar-refractivity contribution in [3.8, 4) is 0 Å². The van der Waals surface area contributed by atoms with Crippen LogP contribution < -0.4 is 5.32 Å². The summed E-state index contributed by atoms with van der Waals surface area (Å²) in [5, 5.41) is 3.84. The summed E-state index contributed by atoms with van der Waals surface area (Å²) in [5.74, 6) is 0.109. The minimum absolute atomic E-state index is 0.0539. The predicted molar refractivity (Wildman–Crippen MR) is 75.3 cm³/mol. The van der Waals surface area contributed by atoms with Gasteiger partial charge in [0, 0.05) is 12.2 Å². The van der Waals surface area contributed by atoms with Crippen molar-refractivity contribution in [3.05, 3.63) is 28.2 Å². The number of piperidine rings is 1. The fraction of sp³-hybridized carbons (Fsp3) is 0.462. The fourth-order valence-corrected chi connectivity index (χ4v) is 2.50.